The standard InChI is InChI=1S/C13H10N4O2/c14-8-3-5-9(6-4-8)17-11-10(2-1-7-15-11)12(18)16-13(17)19/h1-7H,14H2,(H,16,18,19). The highest BCUT2D eigenvalue weighted by Gasteiger charge is 2.09. The Morgan fingerprint density at radius 2 is 1.84 bits per heavy atom. The first kappa shape index (κ1) is 11.2. The molecule has 2 heterocycles. The number of fused-ring (bicyclic) bond motifs is 1. The molecule has 3 aromatic rings. The number of hydrogen-bond donors (Lipinski definition) is 2. The van der Waals surface area contributed by atoms with Gasteiger partial charge in [0.15, 0.2) is 5.65 Å². The third-order valence-electron chi connectivity index (χ3n) is 2.82. The Morgan fingerprint density at radius 3 is 2.58 bits per heavy atom. The van der Waals surface area contributed by atoms with Crippen LogP contribution >= 0.6 is 0 Å². The predicted molar refractivity (Wildman–Crippen MR) is 72.4 cm³/mol. The third kappa shape index (κ3) is 1.79. The Morgan fingerprint density at radius 1 is 1.11 bits per heavy atom. The van der Waals surface area contributed by atoms with Gasteiger partial charge in [0, 0.05) is 11.9 Å². The first-order valence-electron chi connectivity index (χ1n) is 5.63. The van der Waals surface area contributed by atoms with Crippen LogP contribution < -0.4 is 17.0 Å². The molecule has 0 unspecified atom stereocenters. The summed E-state index contributed by atoms with van der Waals surface area (Å²) in [6.07, 6.45) is 1.54. The molecule has 6 nitrogen and oxygen atoms in total. The molecule has 1 aromatic carbocycles. The Bertz CT molecular complexity index is 862. The van der Waals surface area contributed by atoms with E-state index < -0.39 is 11.2 Å². The fraction of sp³-hybridized carbons (Fsp3) is 0. The smallest absolute Gasteiger partial charge is 0.334 e. The Kier molecular flexibility index (Phi) is 2.42. The average Bonchev–Trinajstić information content (AvgIpc) is 2.41. The van der Waals surface area contributed by atoms with Gasteiger partial charge in [-0.05, 0) is 36.4 Å². The van der Waals surface area contributed by atoms with E-state index in [-0.39, 0.29) is 0 Å². The molecule has 0 saturated carbocycles. The molecule has 0 aliphatic heterocycles. The van der Waals surface area contributed by atoms with E-state index in [0.717, 1.165) is 0 Å². The number of nitrogen functional groups attached to an aromatic ring is 1. The SMILES string of the molecule is Nc1ccc(-n2c(=O)[nH]c(=O)c3cccnc32)cc1. The van der Waals surface area contributed by atoms with Crippen molar-refractivity contribution in [1.29, 1.82) is 0 Å². The van der Waals surface area contributed by atoms with Crippen molar-refractivity contribution in [1.82, 2.24) is 14.5 Å². The lowest BCUT2D eigenvalue weighted by molar-refractivity contribution is 0.926. The first-order valence-corrected chi connectivity index (χ1v) is 5.63. The Labute approximate surface area is 107 Å². The molecule has 0 atom stereocenters. The number of H-pyrrole nitrogens is 1. The van der Waals surface area contributed by atoms with E-state index in [0.29, 0.717) is 22.4 Å². The minimum absolute atomic E-state index is 0.320. The highest BCUT2D eigenvalue weighted by molar-refractivity contribution is 5.75. The number of anilines is 1. The topological polar surface area (TPSA) is 93.8 Å². The summed E-state index contributed by atoms with van der Waals surface area (Å²) in [7, 11) is 0. The summed E-state index contributed by atoms with van der Waals surface area (Å²) in [5, 5.41) is 0.360. The summed E-state index contributed by atoms with van der Waals surface area (Å²) < 4.78 is 1.34. The molecule has 0 spiro atoms. The van der Waals surface area contributed by atoms with E-state index in [2.05, 4.69) is 9.97 Å². The van der Waals surface area contributed by atoms with Gasteiger partial charge in [0.1, 0.15) is 0 Å². The zero-order valence-corrected chi connectivity index (χ0v) is 9.83. The summed E-state index contributed by atoms with van der Waals surface area (Å²) in [6, 6.07) is 10.0. The van der Waals surface area contributed by atoms with Crippen molar-refractivity contribution in [3.05, 3.63) is 63.4 Å². The molecular formula is C13H10N4O2. The van der Waals surface area contributed by atoms with Crippen LogP contribution in [-0.2, 0) is 0 Å². The summed E-state index contributed by atoms with van der Waals surface area (Å²) in [6.45, 7) is 0. The monoisotopic (exact) mass is 254 g/mol. The van der Waals surface area contributed by atoms with Gasteiger partial charge in [0.05, 0.1) is 11.1 Å². The van der Waals surface area contributed by atoms with Crippen molar-refractivity contribution in [2.75, 3.05) is 5.73 Å². The Hall–Kier alpha value is -2.89. The third-order valence-corrected chi connectivity index (χ3v) is 2.82. The normalized spacial score (nSPS) is 10.7. The van der Waals surface area contributed by atoms with Crippen LogP contribution in [0.15, 0.2) is 52.2 Å². The van der Waals surface area contributed by atoms with Crippen LogP contribution in [0.5, 0.6) is 0 Å². The number of aromatic nitrogens is 3. The molecule has 19 heavy (non-hydrogen) atoms. The number of pyridine rings is 1. The van der Waals surface area contributed by atoms with E-state index in [1.165, 1.54) is 10.8 Å². The second kappa shape index (κ2) is 4.09. The number of nitrogens with zero attached hydrogens (tertiary/aromatic N) is 2. The van der Waals surface area contributed by atoms with Gasteiger partial charge in [0.2, 0.25) is 0 Å². The van der Waals surface area contributed by atoms with Crippen molar-refractivity contribution in [2.45, 2.75) is 0 Å². The summed E-state index contributed by atoms with van der Waals surface area (Å²) in [5.41, 5.74) is 6.16. The van der Waals surface area contributed by atoms with Gasteiger partial charge in [-0.3, -0.25) is 9.78 Å². The van der Waals surface area contributed by atoms with E-state index in [1.54, 1.807) is 36.4 Å². The molecule has 3 rings (SSSR count). The number of aromatic amines is 1. The van der Waals surface area contributed by atoms with Gasteiger partial charge in [-0.25, -0.2) is 14.3 Å². The maximum atomic E-state index is 12.0. The molecule has 94 valence electrons. The molecular weight excluding hydrogens is 244 g/mol. The highest BCUT2D eigenvalue weighted by Crippen LogP contribution is 2.12. The fourth-order valence-electron chi connectivity index (χ4n) is 1.93. The summed E-state index contributed by atoms with van der Waals surface area (Å²) in [4.78, 5) is 30.1. The highest BCUT2D eigenvalue weighted by atomic mass is 16.2. The van der Waals surface area contributed by atoms with Crippen LogP contribution in [0.2, 0.25) is 0 Å². The number of benzene rings is 1. The fourth-order valence-corrected chi connectivity index (χ4v) is 1.93. The van der Waals surface area contributed by atoms with Crippen LogP contribution in [0.4, 0.5) is 5.69 Å². The van der Waals surface area contributed by atoms with Crippen molar-refractivity contribution in [2.24, 2.45) is 0 Å². The number of nitrogens with two attached hydrogens (primary N) is 1. The van der Waals surface area contributed by atoms with Crippen LogP contribution in [0, 0.1) is 0 Å². The molecule has 0 bridgehead atoms. The van der Waals surface area contributed by atoms with Gasteiger partial charge >= 0.3 is 5.69 Å². The lowest BCUT2D eigenvalue weighted by Gasteiger charge is -2.08. The van der Waals surface area contributed by atoms with Gasteiger partial charge in [-0.1, -0.05) is 0 Å². The van der Waals surface area contributed by atoms with Crippen LogP contribution in [0.1, 0.15) is 0 Å². The molecule has 0 radical (unpaired) electrons. The molecule has 6 heteroatoms. The quantitative estimate of drug-likeness (QED) is 0.624. The van der Waals surface area contributed by atoms with E-state index in [4.69, 9.17) is 5.73 Å². The van der Waals surface area contributed by atoms with Crippen LogP contribution in [0.3, 0.4) is 0 Å². The summed E-state index contributed by atoms with van der Waals surface area (Å²) in [5.74, 6) is 0. The molecule has 2 aromatic heterocycles. The Balaban J connectivity index is 2.44. The first-order chi connectivity index (χ1) is 9.16. The lowest BCUT2D eigenvalue weighted by atomic mass is 10.2. The van der Waals surface area contributed by atoms with Gasteiger partial charge < -0.3 is 5.73 Å². The zero-order chi connectivity index (χ0) is 13.4. The molecule has 3 N–H and O–H groups in total. The zero-order valence-electron chi connectivity index (χ0n) is 9.83. The van der Waals surface area contributed by atoms with E-state index in [1.807, 2.05) is 0 Å². The second-order valence-electron chi connectivity index (χ2n) is 4.06. The average molecular weight is 254 g/mol. The number of hydrogen-bond acceptors (Lipinski definition) is 4. The number of rotatable bonds is 1. The van der Waals surface area contributed by atoms with Crippen LogP contribution in [-0.4, -0.2) is 14.5 Å². The minimum atomic E-state index is -0.527. The molecule has 0 saturated heterocycles. The van der Waals surface area contributed by atoms with Gasteiger partial charge in [-0.2, -0.15) is 0 Å². The maximum Gasteiger partial charge on any atom is 0.334 e. The van der Waals surface area contributed by atoms with Gasteiger partial charge in [0.25, 0.3) is 5.56 Å². The molecule has 0 fully saturated rings. The predicted octanol–water partition coefficient (Wildman–Crippen LogP) is 0.656. The van der Waals surface area contributed by atoms with E-state index in [9.17, 15) is 9.59 Å². The minimum Gasteiger partial charge on any atom is -0.399 e. The van der Waals surface area contributed by atoms with Crippen molar-refractivity contribution >= 4 is 16.7 Å². The number of nitrogens with one attached hydrogen (secondary N) is 1. The summed E-state index contributed by atoms with van der Waals surface area (Å²) >= 11 is 0. The lowest BCUT2D eigenvalue weighted by Crippen LogP contribution is -2.29. The van der Waals surface area contributed by atoms with Crippen molar-refractivity contribution < 1.29 is 0 Å². The van der Waals surface area contributed by atoms with Crippen molar-refractivity contribution in [3.8, 4) is 5.69 Å². The maximum absolute atomic E-state index is 12.0. The second-order valence-corrected chi connectivity index (χ2v) is 4.06. The molecule has 0 amide bonds. The molecule has 0 aliphatic carbocycles. The van der Waals surface area contributed by atoms with E-state index >= 15 is 0 Å². The van der Waals surface area contributed by atoms with Gasteiger partial charge in [-0.15, -0.1) is 0 Å². The van der Waals surface area contributed by atoms with Crippen LogP contribution in [0.25, 0.3) is 16.7 Å². The molecule has 0 aliphatic rings. The largest absolute Gasteiger partial charge is 0.399 e. The van der Waals surface area contributed by atoms with Crippen molar-refractivity contribution in [3.63, 3.8) is 0 Å².